The van der Waals surface area contributed by atoms with Crippen LogP contribution in [0.1, 0.15) is 32.6 Å². The summed E-state index contributed by atoms with van der Waals surface area (Å²) >= 11 is 12.0. The molecule has 0 unspecified atom stereocenters. The van der Waals surface area contributed by atoms with E-state index in [9.17, 15) is 24.0 Å². The second kappa shape index (κ2) is 31.7. The monoisotopic (exact) mass is 700 g/mol. The van der Waals surface area contributed by atoms with Crippen molar-refractivity contribution in [3.63, 3.8) is 0 Å². The van der Waals surface area contributed by atoms with Crippen molar-refractivity contribution in [1.29, 1.82) is 0 Å². The molecule has 0 amide bonds. The fourth-order valence-corrected chi connectivity index (χ4v) is 3.38. The minimum Gasteiger partial charge on any atom is -0.463 e. The zero-order valence-corrected chi connectivity index (χ0v) is 28.6. The SMILES string of the molecule is C=CC(=O)OCCOC(=O)C=C.CCC(COCCOC(=O)CCS)(COCCOC(=O)CCS)COCCOC(=O)CCS. The molecule has 0 N–H and O–H groups in total. The van der Waals surface area contributed by atoms with E-state index < -0.39 is 17.4 Å². The van der Waals surface area contributed by atoms with Gasteiger partial charge in [-0.15, -0.1) is 0 Å². The molecule has 0 saturated heterocycles. The van der Waals surface area contributed by atoms with E-state index in [0.717, 1.165) is 12.2 Å². The fourth-order valence-electron chi connectivity index (χ4n) is 2.83. The lowest BCUT2D eigenvalue weighted by atomic mass is 9.88. The molecule has 0 aliphatic carbocycles. The summed E-state index contributed by atoms with van der Waals surface area (Å²) in [6.45, 7) is 10.5. The molecular formula is C29H48O13S3. The number of carbonyl (C=O) groups excluding carboxylic acids is 5. The summed E-state index contributed by atoms with van der Waals surface area (Å²) in [6, 6.07) is 0. The summed E-state index contributed by atoms with van der Waals surface area (Å²) in [5.41, 5.74) is -0.473. The van der Waals surface area contributed by atoms with E-state index in [2.05, 4.69) is 60.5 Å². The Bertz CT molecular complexity index is 764. The minimum absolute atomic E-state index is 0.0322. The highest BCUT2D eigenvalue weighted by atomic mass is 32.1. The van der Waals surface area contributed by atoms with Gasteiger partial charge in [0, 0.05) is 34.8 Å². The van der Waals surface area contributed by atoms with Crippen LogP contribution in [0.15, 0.2) is 25.3 Å². The summed E-state index contributed by atoms with van der Waals surface area (Å²) in [7, 11) is 0. The van der Waals surface area contributed by atoms with Gasteiger partial charge in [0.25, 0.3) is 0 Å². The Morgan fingerprint density at radius 3 is 1.07 bits per heavy atom. The molecule has 0 atom stereocenters. The van der Waals surface area contributed by atoms with Crippen molar-refractivity contribution in [2.45, 2.75) is 32.6 Å². The van der Waals surface area contributed by atoms with Crippen LogP contribution in [0.25, 0.3) is 0 Å². The molecule has 0 fully saturated rings. The first kappa shape index (κ1) is 44.9. The molecule has 13 nitrogen and oxygen atoms in total. The molecule has 0 radical (unpaired) electrons. The number of hydrogen-bond donors (Lipinski definition) is 3. The van der Waals surface area contributed by atoms with Gasteiger partial charge in [0.2, 0.25) is 0 Å². The highest BCUT2D eigenvalue weighted by Crippen LogP contribution is 2.24. The molecule has 45 heavy (non-hydrogen) atoms. The van der Waals surface area contributed by atoms with E-state index in [1.54, 1.807) is 0 Å². The van der Waals surface area contributed by atoms with Gasteiger partial charge >= 0.3 is 29.8 Å². The molecule has 0 saturated carbocycles. The van der Waals surface area contributed by atoms with E-state index in [-0.39, 0.29) is 90.0 Å². The topological polar surface area (TPSA) is 159 Å². The number of esters is 5. The summed E-state index contributed by atoms with van der Waals surface area (Å²) in [6.07, 6.45) is 3.51. The predicted molar refractivity (Wildman–Crippen MR) is 176 cm³/mol. The van der Waals surface area contributed by atoms with Crippen molar-refractivity contribution in [3.8, 4) is 0 Å². The molecule has 0 aliphatic heterocycles. The molecule has 0 bridgehead atoms. The zero-order valence-electron chi connectivity index (χ0n) is 25.9. The lowest BCUT2D eigenvalue weighted by Crippen LogP contribution is -2.38. The van der Waals surface area contributed by atoms with Gasteiger partial charge in [-0.2, -0.15) is 37.9 Å². The van der Waals surface area contributed by atoms with Crippen LogP contribution >= 0.6 is 37.9 Å². The number of rotatable bonds is 27. The first-order chi connectivity index (χ1) is 21.6. The molecular weight excluding hydrogens is 653 g/mol. The number of hydrogen-bond acceptors (Lipinski definition) is 16. The summed E-state index contributed by atoms with van der Waals surface area (Å²) in [4.78, 5) is 55.0. The molecule has 0 aromatic carbocycles. The van der Waals surface area contributed by atoms with Gasteiger partial charge in [0.05, 0.1) is 58.9 Å². The largest absolute Gasteiger partial charge is 0.463 e. The van der Waals surface area contributed by atoms with E-state index >= 15 is 0 Å². The Morgan fingerprint density at radius 1 is 0.533 bits per heavy atom. The Balaban J connectivity index is 0. The molecule has 260 valence electrons. The number of thiol groups is 3. The van der Waals surface area contributed by atoms with Crippen LogP contribution in [0.3, 0.4) is 0 Å². The van der Waals surface area contributed by atoms with Gasteiger partial charge in [0.15, 0.2) is 0 Å². The first-order valence-corrected chi connectivity index (χ1v) is 16.1. The maximum Gasteiger partial charge on any atom is 0.330 e. The van der Waals surface area contributed by atoms with E-state index in [4.69, 9.17) is 28.4 Å². The Labute approximate surface area is 282 Å². The fraction of sp³-hybridized carbons (Fsp3) is 0.690. The Morgan fingerprint density at radius 2 is 0.822 bits per heavy atom. The van der Waals surface area contributed by atoms with Crippen LogP contribution in [-0.2, 0) is 61.9 Å². The smallest absolute Gasteiger partial charge is 0.330 e. The molecule has 0 spiro atoms. The van der Waals surface area contributed by atoms with Crippen molar-refractivity contribution in [2.24, 2.45) is 5.41 Å². The third-order valence-corrected chi connectivity index (χ3v) is 5.97. The maximum atomic E-state index is 11.4. The third-order valence-electron chi connectivity index (χ3n) is 5.30. The zero-order chi connectivity index (χ0) is 34.2. The Kier molecular flexibility index (Phi) is 31.6. The standard InChI is InChI=1S/C21H38O9S3.C8H10O4/c1-2-21(15-25-6-9-28-18(22)3-12-31,16-26-7-10-29-19(23)4-13-32)17-27-8-11-30-20(24)5-14-33;1-3-7(9)11-5-6-12-8(10)4-2/h31-33H,2-17H2,1H3;3-4H,1-2,5-6H2. The summed E-state index contributed by atoms with van der Waals surface area (Å²) < 4.78 is 41.4. The average molecular weight is 701 g/mol. The van der Waals surface area contributed by atoms with Crippen molar-refractivity contribution in [3.05, 3.63) is 25.3 Å². The predicted octanol–water partition coefficient (Wildman–Crippen LogP) is 2.47. The summed E-state index contributed by atoms with van der Waals surface area (Å²) in [5.74, 6) is -0.732. The van der Waals surface area contributed by atoms with Gasteiger partial charge in [-0.05, 0) is 6.42 Å². The summed E-state index contributed by atoms with van der Waals surface area (Å²) in [5, 5.41) is 0. The van der Waals surface area contributed by atoms with Gasteiger partial charge in [0.1, 0.15) is 33.0 Å². The molecule has 0 aromatic heterocycles. The van der Waals surface area contributed by atoms with Crippen LogP contribution in [0.2, 0.25) is 0 Å². The lowest BCUT2D eigenvalue weighted by molar-refractivity contribution is -0.147. The van der Waals surface area contributed by atoms with Crippen molar-refractivity contribution >= 4 is 67.7 Å². The maximum absolute atomic E-state index is 11.4. The van der Waals surface area contributed by atoms with Crippen LogP contribution < -0.4 is 0 Å². The molecule has 0 rings (SSSR count). The van der Waals surface area contributed by atoms with Crippen LogP contribution in [0.5, 0.6) is 0 Å². The van der Waals surface area contributed by atoms with Crippen molar-refractivity contribution < 1.29 is 61.9 Å². The van der Waals surface area contributed by atoms with Crippen LogP contribution in [-0.4, -0.2) is 120 Å². The van der Waals surface area contributed by atoms with Crippen LogP contribution in [0, 0.1) is 5.41 Å². The first-order valence-electron chi connectivity index (χ1n) is 14.2. The van der Waals surface area contributed by atoms with Gasteiger partial charge in [-0.25, -0.2) is 9.59 Å². The second-order valence-electron chi connectivity index (χ2n) is 8.84. The second-order valence-corrected chi connectivity index (χ2v) is 10.2. The highest BCUT2D eigenvalue weighted by Gasteiger charge is 2.30. The molecule has 0 aromatic rings. The third kappa shape index (κ3) is 28.9. The molecule has 16 heteroatoms. The quantitative estimate of drug-likeness (QED) is 0.0378. The number of ether oxygens (including phenoxy) is 8. The number of carbonyl (C=O) groups is 5. The average Bonchev–Trinajstić information content (AvgIpc) is 3.02. The lowest BCUT2D eigenvalue weighted by Gasteiger charge is -2.32. The Hall–Kier alpha value is -2.24. The van der Waals surface area contributed by atoms with Crippen molar-refractivity contribution in [1.82, 2.24) is 0 Å². The normalized spacial score (nSPS) is 10.5. The van der Waals surface area contributed by atoms with Gasteiger partial charge in [-0.1, -0.05) is 20.1 Å². The molecule has 0 heterocycles. The van der Waals surface area contributed by atoms with Gasteiger partial charge < -0.3 is 37.9 Å². The van der Waals surface area contributed by atoms with Crippen LogP contribution in [0.4, 0.5) is 0 Å². The highest BCUT2D eigenvalue weighted by molar-refractivity contribution is 7.80. The van der Waals surface area contributed by atoms with Gasteiger partial charge in [-0.3, -0.25) is 14.4 Å². The van der Waals surface area contributed by atoms with E-state index in [0.29, 0.717) is 43.5 Å². The van der Waals surface area contributed by atoms with E-state index in [1.807, 2.05) is 6.92 Å². The van der Waals surface area contributed by atoms with E-state index in [1.165, 1.54) is 0 Å². The van der Waals surface area contributed by atoms with Crippen molar-refractivity contribution in [2.75, 3.05) is 89.9 Å². The minimum atomic E-state index is -0.537. The molecule has 0 aliphatic rings.